The van der Waals surface area contributed by atoms with Gasteiger partial charge in [0.05, 0.1) is 20.3 Å². The maximum Gasteiger partial charge on any atom is 0.322 e. The lowest BCUT2D eigenvalue weighted by atomic mass is 10.2. The molecule has 1 aliphatic heterocycles. The van der Waals surface area contributed by atoms with Crippen molar-refractivity contribution in [3.05, 3.63) is 24.3 Å². The van der Waals surface area contributed by atoms with Gasteiger partial charge in [-0.05, 0) is 12.1 Å². The van der Waals surface area contributed by atoms with Crippen LogP contribution in [-0.4, -0.2) is 48.8 Å². The minimum Gasteiger partial charge on any atom is -0.497 e. The Bertz CT molecular complexity index is 509. The number of hydrogen-bond acceptors (Lipinski definition) is 4. The van der Waals surface area contributed by atoms with Gasteiger partial charge in [-0.1, -0.05) is 18.3 Å². The molecule has 20 heavy (non-hydrogen) atoms. The lowest BCUT2D eigenvalue weighted by Crippen LogP contribution is -2.51. The van der Waals surface area contributed by atoms with Gasteiger partial charge in [0, 0.05) is 18.3 Å². The fraction of sp³-hybridized carbons (Fsp3) is 0.385. The summed E-state index contributed by atoms with van der Waals surface area (Å²) in [6.07, 6.45) is -0.380. The first kappa shape index (κ1) is 14.5. The fourth-order valence-electron chi connectivity index (χ4n) is 1.91. The lowest BCUT2D eigenvalue weighted by molar-refractivity contribution is 0.0251. The molecular weight excluding hydrogens is 278 g/mol. The molecule has 3 N–H and O–H groups in total. The molecule has 1 aromatic carbocycles. The van der Waals surface area contributed by atoms with Gasteiger partial charge < -0.3 is 25.4 Å². The molecular formula is C13H17N3O3S. The summed E-state index contributed by atoms with van der Waals surface area (Å²) < 4.78 is 10.5. The standard InChI is InChI=1S/C13H17N3O3S/c1-18-10-4-2-3-9(7-10)15-13(17)16-5-6-19-11(8-16)12(14)20/h2-4,7,11H,5-6,8H2,1H3,(H2,14,20)(H,15,17). The van der Waals surface area contributed by atoms with E-state index in [0.29, 0.717) is 31.1 Å². The Hall–Kier alpha value is -1.86. The van der Waals surface area contributed by atoms with Crippen molar-refractivity contribution >= 4 is 28.9 Å². The van der Waals surface area contributed by atoms with E-state index in [-0.39, 0.29) is 17.1 Å². The second-order valence-corrected chi connectivity index (χ2v) is 4.84. The third-order valence-electron chi connectivity index (χ3n) is 2.99. The molecule has 0 bridgehead atoms. The number of nitrogens with two attached hydrogens (primary N) is 1. The maximum atomic E-state index is 12.2. The SMILES string of the molecule is COc1cccc(NC(=O)N2CCOC(C(N)=S)C2)c1. The van der Waals surface area contributed by atoms with Crippen molar-refractivity contribution in [3.8, 4) is 5.75 Å². The van der Waals surface area contributed by atoms with Crippen LogP contribution in [0.4, 0.5) is 10.5 Å². The number of nitrogens with zero attached hydrogens (tertiary/aromatic N) is 1. The van der Waals surface area contributed by atoms with Gasteiger partial charge in [0.15, 0.2) is 0 Å². The average Bonchev–Trinajstić information content (AvgIpc) is 2.47. The topological polar surface area (TPSA) is 76.8 Å². The molecule has 0 radical (unpaired) electrons. The van der Waals surface area contributed by atoms with Crippen LogP contribution in [0.5, 0.6) is 5.75 Å². The summed E-state index contributed by atoms with van der Waals surface area (Å²) in [5, 5.41) is 2.81. The normalized spacial score (nSPS) is 18.4. The van der Waals surface area contributed by atoms with E-state index in [0.717, 1.165) is 0 Å². The Kier molecular flexibility index (Phi) is 4.75. The summed E-state index contributed by atoms with van der Waals surface area (Å²) in [6.45, 7) is 1.30. The van der Waals surface area contributed by atoms with Gasteiger partial charge >= 0.3 is 6.03 Å². The van der Waals surface area contributed by atoms with Gasteiger partial charge in [0.25, 0.3) is 0 Å². The van der Waals surface area contributed by atoms with Crippen molar-refractivity contribution in [2.45, 2.75) is 6.10 Å². The largest absolute Gasteiger partial charge is 0.497 e. The summed E-state index contributed by atoms with van der Waals surface area (Å²) in [4.78, 5) is 14.1. The zero-order valence-corrected chi connectivity index (χ0v) is 12.0. The number of thiocarbonyl (C=S) groups is 1. The van der Waals surface area contributed by atoms with E-state index >= 15 is 0 Å². The Morgan fingerprint density at radius 2 is 2.40 bits per heavy atom. The van der Waals surface area contributed by atoms with E-state index < -0.39 is 0 Å². The van der Waals surface area contributed by atoms with Crippen LogP contribution >= 0.6 is 12.2 Å². The van der Waals surface area contributed by atoms with Gasteiger partial charge in [-0.3, -0.25) is 0 Å². The number of anilines is 1. The molecule has 0 spiro atoms. The van der Waals surface area contributed by atoms with Gasteiger partial charge in [-0.2, -0.15) is 0 Å². The summed E-state index contributed by atoms with van der Waals surface area (Å²) in [6, 6.07) is 6.97. The second-order valence-electron chi connectivity index (χ2n) is 4.37. The second kappa shape index (κ2) is 6.53. The van der Waals surface area contributed by atoms with Gasteiger partial charge in [-0.15, -0.1) is 0 Å². The van der Waals surface area contributed by atoms with E-state index in [4.69, 9.17) is 27.4 Å². The van der Waals surface area contributed by atoms with Crippen LogP contribution in [0.3, 0.4) is 0 Å². The average molecular weight is 295 g/mol. The van der Waals surface area contributed by atoms with Gasteiger partial charge in [0.1, 0.15) is 16.8 Å². The first-order valence-corrected chi connectivity index (χ1v) is 6.62. The summed E-state index contributed by atoms with van der Waals surface area (Å²) >= 11 is 4.90. The molecule has 6 nitrogen and oxygen atoms in total. The third-order valence-corrected chi connectivity index (χ3v) is 3.25. The Morgan fingerprint density at radius 1 is 1.60 bits per heavy atom. The number of morpholine rings is 1. The van der Waals surface area contributed by atoms with Crippen molar-refractivity contribution in [2.75, 3.05) is 32.1 Å². The molecule has 7 heteroatoms. The predicted molar refractivity (Wildman–Crippen MR) is 80.1 cm³/mol. The zero-order valence-electron chi connectivity index (χ0n) is 11.2. The van der Waals surface area contributed by atoms with E-state index in [2.05, 4.69) is 5.32 Å². The van der Waals surface area contributed by atoms with Gasteiger partial charge in [-0.25, -0.2) is 4.79 Å². The minimum absolute atomic E-state index is 0.206. The molecule has 1 aliphatic rings. The Balaban J connectivity index is 1.98. The lowest BCUT2D eigenvalue weighted by Gasteiger charge is -2.32. The molecule has 0 saturated carbocycles. The zero-order chi connectivity index (χ0) is 14.5. The van der Waals surface area contributed by atoms with E-state index in [9.17, 15) is 4.79 Å². The highest BCUT2D eigenvalue weighted by Crippen LogP contribution is 2.17. The van der Waals surface area contributed by atoms with Crippen LogP contribution in [0.15, 0.2) is 24.3 Å². The monoisotopic (exact) mass is 295 g/mol. The Labute approximate surface area is 122 Å². The van der Waals surface area contributed by atoms with Gasteiger partial charge in [0.2, 0.25) is 0 Å². The van der Waals surface area contributed by atoms with E-state index in [1.54, 1.807) is 24.1 Å². The Morgan fingerprint density at radius 3 is 3.10 bits per heavy atom. The van der Waals surface area contributed by atoms with E-state index in [1.807, 2.05) is 12.1 Å². The van der Waals surface area contributed by atoms with Crippen LogP contribution in [-0.2, 0) is 4.74 Å². The summed E-state index contributed by atoms with van der Waals surface area (Å²) in [5.74, 6) is 0.686. The quantitative estimate of drug-likeness (QED) is 0.820. The number of nitrogens with one attached hydrogen (secondary N) is 1. The van der Waals surface area contributed by atoms with Crippen molar-refractivity contribution in [1.82, 2.24) is 4.90 Å². The molecule has 1 heterocycles. The summed E-state index contributed by atoms with van der Waals surface area (Å²) in [5.41, 5.74) is 6.23. The number of urea groups is 1. The predicted octanol–water partition coefficient (Wildman–Crippen LogP) is 1.21. The highest BCUT2D eigenvalue weighted by atomic mass is 32.1. The molecule has 1 unspecified atom stereocenters. The number of carbonyl (C=O) groups is 1. The number of methoxy groups -OCH3 is 1. The smallest absolute Gasteiger partial charge is 0.322 e. The number of amides is 2. The van der Waals surface area contributed by atoms with Crippen molar-refractivity contribution in [1.29, 1.82) is 0 Å². The fourth-order valence-corrected chi connectivity index (χ4v) is 2.05. The molecule has 1 atom stereocenters. The van der Waals surface area contributed by atoms with Crippen LogP contribution < -0.4 is 15.8 Å². The van der Waals surface area contributed by atoms with Crippen molar-refractivity contribution in [2.24, 2.45) is 5.73 Å². The molecule has 1 saturated heterocycles. The molecule has 108 valence electrons. The molecule has 1 fully saturated rings. The number of rotatable bonds is 3. The van der Waals surface area contributed by atoms with Crippen LogP contribution in [0.2, 0.25) is 0 Å². The molecule has 1 aromatic rings. The molecule has 2 amide bonds. The van der Waals surface area contributed by atoms with Crippen molar-refractivity contribution in [3.63, 3.8) is 0 Å². The maximum absolute atomic E-state index is 12.2. The van der Waals surface area contributed by atoms with Crippen LogP contribution in [0.1, 0.15) is 0 Å². The highest BCUT2D eigenvalue weighted by Gasteiger charge is 2.25. The first-order valence-electron chi connectivity index (χ1n) is 6.21. The van der Waals surface area contributed by atoms with Crippen molar-refractivity contribution < 1.29 is 14.3 Å². The number of hydrogen-bond donors (Lipinski definition) is 2. The van der Waals surface area contributed by atoms with E-state index in [1.165, 1.54) is 0 Å². The molecule has 0 aliphatic carbocycles. The van der Waals surface area contributed by atoms with Crippen LogP contribution in [0.25, 0.3) is 0 Å². The molecule has 0 aromatic heterocycles. The highest BCUT2D eigenvalue weighted by molar-refractivity contribution is 7.80. The summed E-state index contributed by atoms with van der Waals surface area (Å²) in [7, 11) is 1.58. The third kappa shape index (κ3) is 3.58. The minimum atomic E-state index is -0.380. The number of benzene rings is 1. The first-order chi connectivity index (χ1) is 9.60. The number of ether oxygens (including phenoxy) is 2. The number of carbonyl (C=O) groups excluding carboxylic acids is 1. The van der Waals surface area contributed by atoms with Crippen LogP contribution in [0, 0.1) is 0 Å². The molecule has 2 rings (SSSR count).